The van der Waals surface area contributed by atoms with Gasteiger partial charge >= 0.3 is 0 Å². The number of fused-ring (bicyclic) bond motifs is 1. The van der Waals surface area contributed by atoms with Crippen LogP contribution in [0, 0.1) is 0 Å². The maximum Gasteiger partial charge on any atom is 0.146 e. The van der Waals surface area contributed by atoms with Crippen molar-refractivity contribution in [3.05, 3.63) is 67.1 Å². The zero-order chi connectivity index (χ0) is 24.5. The molecule has 0 spiro atoms. The van der Waals surface area contributed by atoms with Crippen LogP contribution in [0.3, 0.4) is 0 Å². The fourth-order valence-corrected chi connectivity index (χ4v) is 6.01. The van der Waals surface area contributed by atoms with Crippen molar-refractivity contribution in [2.75, 3.05) is 18.8 Å². The maximum absolute atomic E-state index is 6.39. The first kappa shape index (κ1) is 23.0. The molecular weight excluding hydrogens is 448 g/mol. The summed E-state index contributed by atoms with van der Waals surface area (Å²) >= 11 is 0. The van der Waals surface area contributed by atoms with Crippen LogP contribution >= 0.6 is 0 Å². The minimum atomic E-state index is 0.330. The van der Waals surface area contributed by atoms with E-state index in [4.69, 9.17) is 16.2 Å². The highest BCUT2D eigenvalue weighted by Gasteiger charge is 2.30. The van der Waals surface area contributed by atoms with Gasteiger partial charge in [-0.15, -0.1) is 0 Å². The molecule has 0 unspecified atom stereocenters. The number of hydrogen-bond donors (Lipinski definition) is 2. The first-order valence-corrected chi connectivity index (χ1v) is 13.1. The molecule has 7 heteroatoms. The standard InChI is InChI=1S/C29H34N6O/c30-21-5-4-16-34(17-21)22-10-12-23(13-11-22)35-18-26(27-28(31)32-19-33-29(27)35)20-8-14-25(15-9-20)36-24-6-2-1-3-7-24/h1-3,6-9,14-15,18-19,21-23H,4-5,10-13,16-17,30H2,(H2,31,32,33)/t21-,22-,23+/m1/s1. The number of benzene rings is 2. The molecule has 2 aromatic carbocycles. The summed E-state index contributed by atoms with van der Waals surface area (Å²) in [6.45, 7) is 2.23. The van der Waals surface area contributed by atoms with E-state index in [-0.39, 0.29) is 0 Å². The van der Waals surface area contributed by atoms with E-state index >= 15 is 0 Å². The number of aromatic nitrogens is 3. The molecule has 0 radical (unpaired) electrons. The van der Waals surface area contributed by atoms with Gasteiger partial charge in [0.2, 0.25) is 0 Å². The molecular formula is C29H34N6O. The molecule has 6 rings (SSSR count). The molecule has 36 heavy (non-hydrogen) atoms. The third-order valence-electron chi connectivity index (χ3n) is 7.85. The Balaban J connectivity index is 1.25. The summed E-state index contributed by atoms with van der Waals surface area (Å²) in [6.07, 6.45) is 10.8. The second kappa shape index (κ2) is 9.91. The number of nitrogens with two attached hydrogens (primary N) is 2. The lowest BCUT2D eigenvalue weighted by Gasteiger charge is -2.41. The van der Waals surface area contributed by atoms with Gasteiger partial charge in [0.25, 0.3) is 0 Å². The van der Waals surface area contributed by atoms with Crippen LogP contribution in [-0.2, 0) is 0 Å². The van der Waals surface area contributed by atoms with E-state index < -0.39 is 0 Å². The van der Waals surface area contributed by atoms with Crippen LogP contribution in [0.15, 0.2) is 67.1 Å². The summed E-state index contributed by atoms with van der Waals surface area (Å²) in [5.74, 6) is 2.14. The Morgan fingerprint density at radius 2 is 1.56 bits per heavy atom. The number of piperidine rings is 1. The Morgan fingerprint density at radius 3 is 2.31 bits per heavy atom. The van der Waals surface area contributed by atoms with E-state index in [1.54, 1.807) is 6.33 Å². The topological polar surface area (TPSA) is 95.2 Å². The molecule has 1 saturated carbocycles. The van der Waals surface area contributed by atoms with Crippen molar-refractivity contribution in [2.24, 2.45) is 5.73 Å². The Morgan fingerprint density at radius 1 is 0.833 bits per heavy atom. The minimum Gasteiger partial charge on any atom is -0.457 e. The predicted molar refractivity (Wildman–Crippen MR) is 144 cm³/mol. The van der Waals surface area contributed by atoms with E-state index in [1.165, 1.54) is 25.8 Å². The largest absolute Gasteiger partial charge is 0.457 e. The highest BCUT2D eigenvalue weighted by atomic mass is 16.5. The molecule has 1 saturated heterocycles. The first-order chi connectivity index (χ1) is 17.7. The summed E-state index contributed by atoms with van der Waals surface area (Å²) in [4.78, 5) is 11.6. The third kappa shape index (κ3) is 4.56. The highest BCUT2D eigenvalue weighted by Crippen LogP contribution is 2.39. The fraction of sp³-hybridized carbons (Fsp3) is 0.379. The van der Waals surface area contributed by atoms with Crippen LogP contribution in [0.4, 0.5) is 5.82 Å². The van der Waals surface area contributed by atoms with Crippen molar-refractivity contribution in [3.63, 3.8) is 0 Å². The molecule has 0 bridgehead atoms. The quantitative estimate of drug-likeness (QED) is 0.397. The normalized spacial score (nSPS) is 23.1. The molecule has 1 aliphatic heterocycles. The zero-order valence-electron chi connectivity index (χ0n) is 20.6. The van der Waals surface area contributed by atoms with Gasteiger partial charge in [-0.3, -0.25) is 4.90 Å². The van der Waals surface area contributed by atoms with Crippen LogP contribution in [0.2, 0.25) is 0 Å². The number of para-hydroxylation sites is 1. The maximum atomic E-state index is 6.39. The molecule has 1 atom stereocenters. The smallest absolute Gasteiger partial charge is 0.146 e. The lowest BCUT2D eigenvalue weighted by molar-refractivity contribution is 0.107. The van der Waals surface area contributed by atoms with Gasteiger partial charge < -0.3 is 20.8 Å². The molecule has 186 valence electrons. The first-order valence-electron chi connectivity index (χ1n) is 13.1. The third-order valence-corrected chi connectivity index (χ3v) is 7.85. The second-order valence-electron chi connectivity index (χ2n) is 10.2. The summed E-state index contributed by atoms with van der Waals surface area (Å²) in [7, 11) is 0. The molecule has 3 heterocycles. The average molecular weight is 483 g/mol. The van der Waals surface area contributed by atoms with E-state index in [2.05, 4.69) is 37.8 Å². The molecule has 4 N–H and O–H groups in total. The summed E-state index contributed by atoms with van der Waals surface area (Å²) < 4.78 is 8.32. The van der Waals surface area contributed by atoms with Crippen LogP contribution in [0.5, 0.6) is 11.5 Å². The summed E-state index contributed by atoms with van der Waals surface area (Å²) in [5.41, 5.74) is 15.7. The molecule has 4 aromatic rings. The van der Waals surface area contributed by atoms with Crippen LogP contribution in [0.1, 0.15) is 44.6 Å². The number of rotatable bonds is 5. The number of likely N-dealkylation sites (tertiary alicyclic amines) is 1. The van der Waals surface area contributed by atoms with Gasteiger partial charge in [0.1, 0.15) is 29.3 Å². The van der Waals surface area contributed by atoms with Crippen molar-refractivity contribution < 1.29 is 4.74 Å². The molecule has 2 aromatic heterocycles. The SMILES string of the molecule is Nc1ncnc2c1c(-c1ccc(Oc3ccccc3)cc1)cn2[C@H]1CC[C@@H](N2CCC[C@@H](N)C2)CC1. The highest BCUT2D eigenvalue weighted by molar-refractivity contribution is 6.00. The van der Waals surface area contributed by atoms with Crippen molar-refractivity contribution in [3.8, 4) is 22.6 Å². The predicted octanol–water partition coefficient (Wildman–Crippen LogP) is 5.38. The molecule has 2 fully saturated rings. The number of nitrogen functional groups attached to an aromatic ring is 1. The lowest BCUT2D eigenvalue weighted by atomic mass is 9.88. The Kier molecular flexibility index (Phi) is 6.34. The van der Waals surface area contributed by atoms with E-state index in [0.717, 1.165) is 59.5 Å². The van der Waals surface area contributed by atoms with Gasteiger partial charge in [0.15, 0.2) is 0 Å². The van der Waals surface area contributed by atoms with Crippen molar-refractivity contribution in [1.82, 2.24) is 19.4 Å². The van der Waals surface area contributed by atoms with E-state index in [9.17, 15) is 0 Å². The van der Waals surface area contributed by atoms with E-state index in [0.29, 0.717) is 23.9 Å². The molecule has 2 aliphatic rings. The number of ether oxygens (including phenoxy) is 1. The van der Waals surface area contributed by atoms with E-state index in [1.807, 2.05) is 42.5 Å². The van der Waals surface area contributed by atoms with Crippen molar-refractivity contribution >= 4 is 16.9 Å². The molecule has 0 amide bonds. The van der Waals surface area contributed by atoms with Crippen LogP contribution in [0.25, 0.3) is 22.2 Å². The van der Waals surface area contributed by atoms with Crippen LogP contribution in [-0.4, -0.2) is 44.6 Å². The average Bonchev–Trinajstić information content (AvgIpc) is 3.31. The van der Waals surface area contributed by atoms with Gasteiger partial charge in [0.05, 0.1) is 5.39 Å². The zero-order valence-corrected chi connectivity index (χ0v) is 20.6. The van der Waals surface area contributed by atoms with Gasteiger partial charge in [-0.1, -0.05) is 30.3 Å². The van der Waals surface area contributed by atoms with Gasteiger partial charge in [0, 0.05) is 36.4 Å². The monoisotopic (exact) mass is 482 g/mol. The number of hydrogen-bond acceptors (Lipinski definition) is 6. The number of nitrogens with zero attached hydrogens (tertiary/aromatic N) is 4. The summed E-state index contributed by atoms with van der Waals surface area (Å²) in [5, 5.41) is 0.929. The van der Waals surface area contributed by atoms with Crippen LogP contribution < -0.4 is 16.2 Å². The molecule has 1 aliphatic carbocycles. The Labute approximate surface area is 212 Å². The fourth-order valence-electron chi connectivity index (χ4n) is 6.01. The second-order valence-corrected chi connectivity index (χ2v) is 10.2. The Bertz CT molecular complexity index is 1310. The van der Waals surface area contributed by atoms with Gasteiger partial charge in [-0.05, 0) is 74.9 Å². The lowest BCUT2D eigenvalue weighted by Crippen LogP contribution is -2.48. The van der Waals surface area contributed by atoms with Gasteiger partial charge in [-0.2, -0.15) is 0 Å². The van der Waals surface area contributed by atoms with Crippen molar-refractivity contribution in [1.29, 1.82) is 0 Å². The summed E-state index contributed by atoms with van der Waals surface area (Å²) in [6, 6.07) is 19.4. The molecule has 7 nitrogen and oxygen atoms in total. The number of anilines is 1. The Hall–Kier alpha value is -3.42. The van der Waals surface area contributed by atoms with Gasteiger partial charge in [-0.25, -0.2) is 9.97 Å². The van der Waals surface area contributed by atoms with Crippen molar-refractivity contribution in [2.45, 2.75) is 56.7 Å². The minimum absolute atomic E-state index is 0.330.